The van der Waals surface area contributed by atoms with Crippen LogP contribution in [0.25, 0.3) is 0 Å². The van der Waals surface area contributed by atoms with Crippen LogP contribution in [0.15, 0.2) is 0 Å². The molecule has 0 fully saturated rings. The van der Waals surface area contributed by atoms with Crippen LogP contribution >= 0.6 is 0 Å². The van der Waals surface area contributed by atoms with E-state index in [9.17, 15) is 4.79 Å². The molecule has 0 aliphatic rings. The molecule has 0 saturated heterocycles. The second-order valence-electron chi connectivity index (χ2n) is 4.17. The van der Waals surface area contributed by atoms with Crippen molar-refractivity contribution in [2.75, 3.05) is 6.61 Å². The number of ether oxygens (including phenoxy) is 1. The molecule has 0 rings (SSSR count). The molecular formula is C8H18O3Si. The first-order chi connectivity index (χ1) is 5.31. The first kappa shape index (κ1) is 11.5. The van der Waals surface area contributed by atoms with E-state index >= 15 is 0 Å². The fourth-order valence-electron chi connectivity index (χ4n) is 0.514. The van der Waals surface area contributed by atoms with E-state index in [1.165, 1.54) is 0 Å². The first-order valence-corrected chi connectivity index (χ1v) is 7.58. The van der Waals surface area contributed by atoms with E-state index in [0.717, 1.165) is 0 Å². The maximum absolute atomic E-state index is 11.0. The minimum absolute atomic E-state index is 0.360. The first-order valence-electron chi connectivity index (χ1n) is 4.17. The van der Waals surface area contributed by atoms with Crippen LogP contribution in [0.3, 0.4) is 0 Å². The fraction of sp³-hybridized carbons (Fsp3) is 0.875. The van der Waals surface area contributed by atoms with Crippen LogP contribution in [0.5, 0.6) is 0 Å². The lowest BCUT2D eigenvalue weighted by molar-refractivity contribution is 0.0866. The number of hydrogen-bond acceptors (Lipinski definition) is 3. The average Bonchev–Trinajstić information content (AvgIpc) is 1.79. The van der Waals surface area contributed by atoms with Crippen molar-refractivity contribution in [3.63, 3.8) is 0 Å². The summed E-state index contributed by atoms with van der Waals surface area (Å²) in [5, 5.41) is 0. The third-order valence-corrected chi connectivity index (χ3v) is 1.70. The van der Waals surface area contributed by atoms with Gasteiger partial charge in [0.2, 0.25) is 0 Å². The van der Waals surface area contributed by atoms with Gasteiger partial charge in [0.1, 0.15) is 0 Å². The third-order valence-electron chi connectivity index (χ3n) is 0.924. The zero-order chi connectivity index (χ0) is 9.78. The molecule has 0 bridgehead atoms. The molecule has 0 aromatic carbocycles. The molecule has 0 spiro atoms. The molecule has 0 saturated carbocycles. The highest BCUT2D eigenvalue weighted by Crippen LogP contribution is 2.05. The molecule has 0 aromatic heterocycles. The maximum atomic E-state index is 11.0. The molecule has 4 heteroatoms. The summed E-state index contributed by atoms with van der Waals surface area (Å²) in [6, 6.07) is 0. The Morgan fingerprint density at radius 1 is 1.33 bits per heavy atom. The highest BCUT2D eigenvalue weighted by Gasteiger charge is 2.20. The topological polar surface area (TPSA) is 35.5 Å². The minimum Gasteiger partial charge on any atom is -0.490 e. The highest BCUT2D eigenvalue weighted by molar-refractivity contribution is 6.71. The van der Waals surface area contributed by atoms with Gasteiger partial charge in [0.15, 0.2) is 0 Å². The van der Waals surface area contributed by atoms with E-state index in [-0.39, 0.29) is 0 Å². The van der Waals surface area contributed by atoms with Crippen molar-refractivity contribution < 1.29 is 14.0 Å². The van der Waals surface area contributed by atoms with Crippen LogP contribution in [0.1, 0.15) is 13.8 Å². The summed E-state index contributed by atoms with van der Waals surface area (Å²) in [6.45, 7) is 10.3. The summed E-state index contributed by atoms with van der Waals surface area (Å²) in [5.74, 6) is 0.360. The van der Waals surface area contributed by atoms with Gasteiger partial charge in [-0.1, -0.05) is 13.8 Å². The Bertz CT molecular complexity index is 149. The Labute approximate surface area is 75.2 Å². The molecule has 0 aliphatic carbocycles. The zero-order valence-corrected chi connectivity index (χ0v) is 9.51. The standard InChI is InChI=1S/C8H18O3Si/c1-7(2)6-10-8(9)11-12(3,4)5/h7H,6H2,1-5H3. The lowest BCUT2D eigenvalue weighted by Gasteiger charge is -2.17. The normalized spacial score (nSPS) is 11.5. The second kappa shape index (κ2) is 4.50. The molecule has 0 radical (unpaired) electrons. The molecule has 0 heterocycles. The summed E-state index contributed by atoms with van der Waals surface area (Å²) in [7, 11) is -1.77. The predicted octanol–water partition coefficient (Wildman–Crippen LogP) is 2.63. The van der Waals surface area contributed by atoms with Crippen LogP contribution in [-0.4, -0.2) is 21.1 Å². The average molecular weight is 190 g/mol. The van der Waals surface area contributed by atoms with Crippen LogP contribution < -0.4 is 0 Å². The van der Waals surface area contributed by atoms with Gasteiger partial charge in [-0.3, -0.25) is 0 Å². The third kappa shape index (κ3) is 7.59. The maximum Gasteiger partial charge on any atom is 0.494 e. The summed E-state index contributed by atoms with van der Waals surface area (Å²) < 4.78 is 9.92. The summed E-state index contributed by atoms with van der Waals surface area (Å²) in [6.07, 6.45) is -0.525. The lowest BCUT2D eigenvalue weighted by atomic mass is 10.2. The quantitative estimate of drug-likeness (QED) is 0.507. The molecule has 0 aromatic rings. The van der Waals surface area contributed by atoms with Crippen LogP contribution in [0.2, 0.25) is 19.6 Å². The van der Waals surface area contributed by atoms with Gasteiger partial charge in [-0.25, -0.2) is 4.79 Å². The number of carbonyl (C=O) groups excluding carboxylic acids is 1. The largest absolute Gasteiger partial charge is 0.494 e. The summed E-state index contributed by atoms with van der Waals surface area (Å²) >= 11 is 0. The van der Waals surface area contributed by atoms with Crippen LogP contribution in [0, 0.1) is 5.92 Å². The lowest BCUT2D eigenvalue weighted by Crippen LogP contribution is -2.30. The zero-order valence-electron chi connectivity index (χ0n) is 8.51. The van der Waals surface area contributed by atoms with Gasteiger partial charge in [0.05, 0.1) is 6.61 Å². The Morgan fingerprint density at radius 2 is 1.83 bits per heavy atom. The van der Waals surface area contributed by atoms with Gasteiger partial charge in [-0.05, 0) is 25.6 Å². The molecule has 0 amide bonds. The van der Waals surface area contributed by atoms with E-state index in [2.05, 4.69) is 0 Å². The molecule has 72 valence electrons. The minimum atomic E-state index is -1.77. The van der Waals surface area contributed by atoms with E-state index in [1.807, 2.05) is 33.5 Å². The highest BCUT2D eigenvalue weighted by atomic mass is 28.4. The molecule has 12 heavy (non-hydrogen) atoms. The Hall–Kier alpha value is -0.513. The fourth-order valence-corrected chi connectivity index (χ4v) is 1.07. The Balaban J connectivity index is 3.61. The van der Waals surface area contributed by atoms with E-state index in [0.29, 0.717) is 12.5 Å². The van der Waals surface area contributed by atoms with Crippen LogP contribution in [0.4, 0.5) is 4.79 Å². The monoisotopic (exact) mass is 190 g/mol. The molecule has 0 unspecified atom stereocenters. The molecule has 0 atom stereocenters. The van der Waals surface area contributed by atoms with Gasteiger partial charge in [0, 0.05) is 0 Å². The molecule has 0 N–H and O–H groups in total. The summed E-state index contributed by atoms with van der Waals surface area (Å²) in [5.41, 5.74) is 0. The Kier molecular flexibility index (Phi) is 4.30. The number of carbonyl (C=O) groups is 1. The second-order valence-corrected chi connectivity index (χ2v) is 8.60. The van der Waals surface area contributed by atoms with E-state index in [4.69, 9.17) is 9.16 Å². The molecule has 0 aliphatic heterocycles. The van der Waals surface area contributed by atoms with E-state index in [1.54, 1.807) is 0 Å². The van der Waals surface area contributed by atoms with Crippen molar-refractivity contribution >= 4 is 14.5 Å². The molecule has 3 nitrogen and oxygen atoms in total. The van der Waals surface area contributed by atoms with Crippen molar-refractivity contribution in [1.82, 2.24) is 0 Å². The van der Waals surface area contributed by atoms with Gasteiger partial charge in [0.25, 0.3) is 8.32 Å². The SMILES string of the molecule is CC(C)COC(=O)O[Si](C)(C)C. The van der Waals surface area contributed by atoms with Gasteiger partial charge < -0.3 is 9.16 Å². The van der Waals surface area contributed by atoms with E-state index < -0.39 is 14.5 Å². The van der Waals surface area contributed by atoms with Crippen molar-refractivity contribution in [2.24, 2.45) is 5.92 Å². The predicted molar refractivity (Wildman–Crippen MR) is 50.6 cm³/mol. The smallest absolute Gasteiger partial charge is 0.490 e. The van der Waals surface area contributed by atoms with Crippen LogP contribution in [-0.2, 0) is 9.16 Å². The van der Waals surface area contributed by atoms with Gasteiger partial charge >= 0.3 is 6.16 Å². The van der Waals surface area contributed by atoms with Gasteiger partial charge in [-0.15, -0.1) is 0 Å². The van der Waals surface area contributed by atoms with Crippen molar-refractivity contribution in [1.29, 1.82) is 0 Å². The van der Waals surface area contributed by atoms with Gasteiger partial charge in [-0.2, -0.15) is 0 Å². The van der Waals surface area contributed by atoms with Crippen molar-refractivity contribution in [3.05, 3.63) is 0 Å². The number of rotatable bonds is 3. The Morgan fingerprint density at radius 3 is 2.17 bits per heavy atom. The molecular weight excluding hydrogens is 172 g/mol. The number of hydrogen-bond donors (Lipinski definition) is 0. The summed E-state index contributed by atoms with van der Waals surface area (Å²) in [4.78, 5) is 11.0. The van der Waals surface area contributed by atoms with Crippen molar-refractivity contribution in [2.45, 2.75) is 33.5 Å². The van der Waals surface area contributed by atoms with Crippen molar-refractivity contribution in [3.8, 4) is 0 Å².